The summed E-state index contributed by atoms with van der Waals surface area (Å²) in [4.78, 5) is 3.53. The molecule has 1 nitrogen and oxygen atoms in total. The maximum atomic E-state index is 3.53. The van der Waals surface area contributed by atoms with Gasteiger partial charge in [-0.3, -0.25) is 0 Å². The van der Waals surface area contributed by atoms with Gasteiger partial charge in [0, 0.05) is 16.6 Å². The molecule has 2 rings (SSSR count). The summed E-state index contributed by atoms with van der Waals surface area (Å²) >= 11 is 0. The Morgan fingerprint density at radius 3 is 1.73 bits per heavy atom. The van der Waals surface area contributed by atoms with Crippen LogP contribution >= 0.6 is 0 Å². The summed E-state index contributed by atoms with van der Waals surface area (Å²) in [5, 5.41) is 1.43. The van der Waals surface area contributed by atoms with Crippen molar-refractivity contribution in [2.75, 3.05) is 0 Å². The molecule has 0 aliphatic heterocycles. The number of aromatic nitrogens is 1. The van der Waals surface area contributed by atoms with Crippen LogP contribution in [-0.4, -0.2) is 4.98 Å². The second-order valence-electron chi connectivity index (χ2n) is 8.12. The largest absolute Gasteiger partial charge is 0.358 e. The summed E-state index contributed by atoms with van der Waals surface area (Å²) in [5.41, 5.74) is 4.20. The van der Waals surface area contributed by atoms with E-state index in [0.717, 1.165) is 0 Å². The van der Waals surface area contributed by atoms with Gasteiger partial charge in [0.15, 0.2) is 0 Å². The number of benzene rings is 1. The van der Waals surface area contributed by atoms with E-state index >= 15 is 0 Å². The Balaban J connectivity index is 1.43. The summed E-state index contributed by atoms with van der Waals surface area (Å²) in [7, 11) is 0. The van der Waals surface area contributed by atoms with E-state index < -0.39 is 0 Å². The van der Waals surface area contributed by atoms with Crippen LogP contribution in [-0.2, 0) is 6.42 Å². The number of unbranched alkanes of at least 4 members (excludes halogenated alkanes) is 13. The van der Waals surface area contributed by atoms with Crippen LogP contribution in [0.5, 0.6) is 0 Å². The maximum absolute atomic E-state index is 3.53. The van der Waals surface area contributed by atoms with Gasteiger partial charge in [0.05, 0.1) is 0 Å². The zero-order valence-corrected chi connectivity index (χ0v) is 17.4. The van der Waals surface area contributed by atoms with Gasteiger partial charge in [0.25, 0.3) is 0 Å². The summed E-state index contributed by atoms with van der Waals surface area (Å²) in [6.07, 6.45) is 21.3. The summed E-state index contributed by atoms with van der Waals surface area (Å²) in [6.45, 7) is 4.52. The van der Waals surface area contributed by atoms with Gasteiger partial charge in [0.2, 0.25) is 0 Å². The van der Waals surface area contributed by atoms with Crippen molar-refractivity contribution in [1.29, 1.82) is 0 Å². The van der Waals surface area contributed by atoms with Crippen LogP contribution in [0.2, 0.25) is 0 Å². The monoisotopic (exact) mass is 355 g/mol. The van der Waals surface area contributed by atoms with Gasteiger partial charge in [-0.15, -0.1) is 0 Å². The molecule has 0 aliphatic rings. The number of nitrogens with one attached hydrogen (secondary N) is 1. The molecule has 1 aromatic carbocycles. The van der Waals surface area contributed by atoms with Gasteiger partial charge in [0.1, 0.15) is 0 Å². The normalized spacial score (nSPS) is 11.5. The lowest BCUT2D eigenvalue weighted by molar-refractivity contribution is 0.535. The maximum Gasteiger partial charge on any atom is 0.0458 e. The third-order valence-corrected chi connectivity index (χ3v) is 5.81. The number of H-pyrrole nitrogens is 1. The topological polar surface area (TPSA) is 15.8 Å². The molecule has 0 bridgehead atoms. The minimum absolute atomic E-state index is 1.23. The van der Waals surface area contributed by atoms with E-state index in [0.29, 0.717) is 0 Å². The second-order valence-corrected chi connectivity index (χ2v) is 8.12. The molecular formula is C25H41N. The van der Waals surface area contributed by atoms with Gasteiger partial charge < -0.3 is 4.98 Å². The second kappa shape index (κ2) is 13.0. The molecule has 1 heterocycles. The van der Waals surface area contributed by atoms with Gasteiger partial charge in [-0.05, 0) is 31.4 Å². The van der Waals surface area contributed by atoms with Crippen molar-refractivity contribution < 1.29 is 0 Å². The Hall–Kier alpha value is -1.24. The molecule has 0 saturated heterocycles. The van der Waals surface area contributed by atoms with E-state index in [9.17, 15) is 0 Å². The molecule has 0 saturated carbocycles. The lowest BCUT2D eigenvalue weighted by atomic mass is 10.0. The number of hydrogen-bond acceptors (Lipinski definition) is 0. The van der Waals surface area contributed by atoms with Crippen molar-refractivity contribution in [3.63, 3.8) is 0 Å². The Morgan fingerprint density at radius 2 is 1.15 bits per heavy atom. The quantitative estimate of drug-likeness (QED) is 0.308. The van der Waals surface area contributed by atoms with E-state index in [1.54, 1.807) is 5.56 Å². The number of aryl methyl sites for hydroxylation is 2. The molecule has 1 aromatic heterocycles. The summed E-state index contributed by atoms with van der Waals surface area (Å²) < 4.78 is 0. The zero-order chi connectivity index (χ0) is 18.5. The van der Waals surface area contributed by atoms with Crippen molar-refractivity contribution >= 4 is 10.9 Å². The van der Waals surface area contributed by atoms with Gasteiger partial charge in [-0.2, -0.15) is 0 Å². The van der Waals surface area contributed by atoms with E-state index in [-0.39, 0.29) is 0 Å². The predicted octanol–water partition coefficient (Wildman–Crippen LogP) is 8.50. The first-order valence-electron chi connectivity index (χ1n) is 11.4. The highest BCUT2D eigenvalue weighted by Gasteiger charge is 2.06. The van der Waals surface area contributed by atoms with Crippen LogP contribution in [0.3, 0.4) is 0 Å². The van der Waals surface area contributed by atoms with E-state index in [1.165, 1.54) is 113 Å². The highest BCUT2D eigenvalue weighted by molar-refractivity contribution is 5.84. The number of hydrogen-bond donors (Lipinski definition) is 1. The third-order valence-electron chi connectivity index (χ3n) is 5.81. The average Bonchev–Trinajstić information content (AvgIpc) is 2.97. The van der Waals surface area contributed by atoms with Crippen LogP contribution in [0.15, 0.2) is 24.3 Å². The molecule has 0 spiro atoms. The highest BCUT2D eigenvalue weighted by Crippen LogP contribution is 2.24. The van der Waals surface area contributed by atoms with Crippen LogP contribution < -0.4 is 0 Å². The SMILES string of the molecule is CCCCCCCCCCCCCCCCc1c(C)[nH]c2ccccc12. The van der Waals surface area contributed by atoms with Crippen molar-refractivity contribution in [2.24, 2.45) is 0 Å². The van der Waals surface area contributed by atoms with E-state index in [2.05, 4.69) is 43.1 Å². The van der Waals surface area contributed by atoms with Crippen LogP contribution in [0, 0.1) is 6.92 Å². The Labute approximate surface area is 162 Å². The third kappa shape index (κ3) is 7.56. The lowest BCUT2D eigenvalue weighted by Crippen LogP contribution is -1.88. The van der Waals surface area contributed by atoms with Crippen molar-refractivity contribution in [3.8, 4) is 0 Å². The van der Waals surface area contributed by atoms with Crippen LogP contribution in [0.4, 0.5) is 0 Å². The highest BCUT2D eigenvalue weighted by atomic mass is 14.7. The molecule has 1 heteroatoms. The number of fused-ring (bicyclic) bond motifs is 1. The number of rotatable bonds is 15. The molecule has 0 atom stereocenters. The first-order chi connectivity index (χ1) is 12.8. The van der Waals surface area contributed by atoms with Crippen LogP contribution in [0.1, 0.15) is 108 Å². The molecule has 0 amide bonds. The lowest BCUT2D eigenvalue weighted by Gasteiger charge is -2.04. The molecule has 0 fully saturated rings. The first kappa shape index (κ1) is 21.1. The standard InChI is InChI=1S/C25H41N/c1-3-4-5-6-7-8-9-10-11-12-13-14-15-16-19-23-22(2)26-25-21-18-17-20-24(23)25/h17-18,20-21,26H,3-16,19H2,1-2H3. The average molecular weight is 356 g/mol. The molecule has 0 radical (unpaired) electrons. The fraction of sp³-hybridized carbons (Fsp3) is 0.680. The predicted molar refractivity (Wildman–Crippen MR) is 117 cm³/mol. The van der Waals surface area contributed by atoms with Gasteiger partial charge in [-0.25, -0.2) is 0 Å². The number of aromatic amines is 1. The van der Waals surface area contributed by atoms with Crippen molar-refractivity contribution in [1.82, 2.24) is 4.98 Å². The summed E-state index contributed by atoms with van der Waals surface area (Å²) in [5.74, 6) is 0. The Kier molecular flexibility index (Phi) is 10.5. The molecule has 0 aliphatic carbocycles. The fourth-order valence-electron chi connectivity index (χ4n) is 4.15. The van der Waals surface area contributed by atoms with Crippen molar-refractivity contribution in [3.05, 3.63) is 35.5 Å². The zero-order valence-electron chi connectivity index (χ0n) is 17.4. The van der Waals surface area contributed by atoms with Crippen LogP contribution in [0.25, 0.3) is 10.9 Å². The smallest absolute Gasteiger partial charge is 0.0458 e. The summed E-state index contributed by atoms with van der Waals surface area (Å²) in [6, 6.07) is 8.73. The molecule has 146 valence electrons. The fourth-order valence-corrected chi connectivity index (χ4v) is 4.15. The molecule has 1 N–H and O–H groups in total. The van der Waals surface area contributed by atoms with Crippen molar-refractivity contribution in [2.45, 2.75) is 110 Å². The molecular weight excluding hydrogens is 314 g/mol. The molecule has 2 aromatic rings. The molecule has 0 unspecified atom stereocenters. The van der Waals surface area contributed by atoms with Gasteiger partial charge in [-0.1, -0.05) is 109 Å². The van der Waals surface area contributed by atoms with E-state index in [1.807, 2.05) is 0 Å². The van der Waals surface area contributed by atoms with E-state index in [4.69, 9.17) is 0 Å². The minimum Gasteiger partial charge on any atom is -0.358 e. The Bertz CT molecular complexity index is 595. The van der Waals surface area contributed by atoms with Gasteiger partial charge >= 0.3 is 0 Å². The first-order valence-corrected chi connectivity index (χ1v) is 11.4. The number of para-hydroxylation sites is 1. The Morgan fingerprint density at radius 1 is 0.654 bits per heavy atom. The minimum atomic E-state index is 1.23. The molecule has 26 heavy (non-hydrogen) atoms.